The molecule has 0 unspecified atom stereocenters. The van der Waals surface area contributed by atoms with Gasteiger partial charge in [0.2, 0.25) is 29.5 Å². The Morgan fingerprint density at radius 1 is 0.824 bits per heavy atom. The number of hydrogen-bond acceptors (Lipinski definition) is 15. The van der Waals surface area contributed by atoms with E-state index in [0.29, 0.717) is 17.7 Å². The lowest BCUT2D eigenvalue weighted by Crippen LogP contribution is -2.56. The summed E-state index contributed by atoms with van der Waals surface area (Å²) in [5.41, 5.74) is 13.3. The van der Waals surface area contributed by atoms with Gasteiger partial charge in [-0.05, 0) is 62.6 Å². The Morgan fingerprint density at radius 3 is 1.94 bits per heavy atom. The number of carbonyl (C=O) groups is 9. The number of guanidine groups is 1. The smallest absolute Gasteiger partial charge is 0.317 e. The highest BCUT2D eigenvalue weighted by Gasteiger charge is 2.37. The molecule has 2 aliphatic heterocycles. The summed E-state index contributed by atoms with van der Waals surface area (Å²) in [6, 6.07) is 4.47. The topological polar surface area (TPSA) is 378 Å². The first-order valence-corrected chi connectivity index (χ1v) is 22.3. The minimum absolute atomic E-state index is 0.00887. The maximum absolute atomic E-state index is 14.2. The van der Waals surface area contributed by atoms with Crippen LogP contribution < -0.4 is 43.0 Å². The van der Waals surface area contributed by atoms with E-state index in [9.17, 15) is 63.7 Å². The average molecular weight is 964 g/mol. The summed E-state index contributed by atoms with van der Waals surface area (Å²) in [6.07, 6.45) is 1.10. The molecule has 0 aliphatic carbocycles. The number of ether oxygens (including phenoxy) is 1. The Balaban J connectivity index is 2.27. The maximum Gasteiger partial charge on any atom is 0.317 e. The predicted octanol–water partition coefficient (Wildman–Crippen LogP) is -2.81. The standard InChI is InChI=1S/C43H69N11O14/c1-27(2)20-32-31(40(64)51-67)6-5-19-68-30-10-8-29(9-11-30)21-34(50-39(32)63)42(66)49-33(7-4-12-48-43(44)45)41(65)47-14-13-46-35(56)23-52(15-17-53(22-28(3)55)24-36(57)58)16-18-54(25-37(59)60)26-38(61)62/h8-11,27,31-34,67H,4-7,12-26H2,1-3H3,(H,46,56)(H,47,65)(H,49,66)(H,50,63)(H,51,64)(H,57,58)(H,59,60)(H,61,62)(H4,44,45,48)/t31-,32+,33-,34-/m0/s1. The van der Waals surface area contributed by atoms with Gasteiger partial charge in [-0.15, -0.1) is 0 Å². The Hall–Kier alpha value is -6.44. The van der Waals surface area contributed by atoms with Gasteiger partial charge in [0.15, 0.2) is 5.96 Å². The Bertz CT molecular complexity index is 1810. The molecule has 0 saturated heterocycles. The molecule has 2 heterocycles. The number of fused-ring (bicyclic) bond motifs is 11. The van der Waals surface area contributed by atoms with E-state index in [1.165, 1.54) is 11.8 Å². The van der Waals surface area contributed by atoms with Crippen molar-refractivity contribution in [2.24, 2.45) is 34.2 Å². The van der Waals surface area contributed by atoms with E-state index < -0.39 is 91.0 Å². The summed E-state index contributed by atoms with van der Waals surface area (Å²) >= 11 is 0. The highest BCUT2D eigenvalue weighted by molar-refractivity contribution is 5.94. The van der Waals surface area contributed by atoms with Crippen LogP contribution in [0.3, 0.4) is 0 Å². The first-order valence-electron chi connectivity index (χ1n) is 22.3. The van der Waals surface area contributed by atoms with E-state index in [2.05, 4.69) is 26.3 Å². The first kappa shape index (κ1) is 57.7. The lowest BCUT2D eigenvalue weighted by atomic mass is 9.81. The van der Waals surface area contributed by atoms with Crippen molar-refractivity contribution in [1.82, 2.24) is 41.4 Å². The fourth-order valence-corrected chi connectivity index (χ4v) is 7.47. The number of hydrogen-bond donors (Lipinski definition) is 11. The van der Waals surface area contributed by atoms with Crippen molar-refractivity contribution in [3.63, 3.8) is 0 Å². The highest BCUT2D eigenvalue weighted by atomic mass is 16.5. The Kier molecular flexibility index (Phi) is 26.1. The summed E-state index contributed by atoms with van der Waals surface area (Å²) < 4.78 is 5.84. The third kappa shape index (κ3) is 23.8. The molecular formula is C43H69N11O14. The van der Waals surface area contributed by atoms with Crippen molar-refractivity contribution in [3.05, 3.63) is 29.8 Å². The summed E-state index contributed by atoms with van der Waals surface area (Å²) in [6.45, 7) is 2.98. The Labute approximate surface area is 394 Å². The number of carbonyl (C=O) groups excluding carboxylic acids is 6. The number of hydroxylamine groups is 1. The molecule has 1 aromatic rings. The fourth-order valence-electron chi connectivity index (χ4n) is 7.47. The van der Waals surface area contributed by atoms with Crippen molar-refractivity contribution in [2.45, 2.75) is 71.4 Å². The first-order chi connectivity index (χ1) is 32.2. The van der Waals surface area contributed by atoms with Crippen LogP contribution in [0.4, 0.5) is 0 Å². The van der Waals surface area contributed by atoms with E-state index in [0.717, 1.165) is 4.90 Å². The molecule has 0 spiro atoms. The number of carboxylic acid groups (broad SMARTS) is 3. The van der Waals surface area contributed by atoms with Crippen LogP contribution in [0.15, 0.2) is 29.3 Å². The maximum atomic E-state index is 14.2. The minimum Gasteiger partial charge on any atom is -0.494 e. The van der Waals surface area contributed by atoms with E-state index >= 15 is 0 Å². The summed E-state index contributed by atoms with van der Waals surface area (Å²) in [7, 11) is 0. The molecular weight excluding hydrogens is 895 g/mol. The van der Waals surface area contributed by atoms with Crippen LogP contribution >= 0.6 is 0 Å². The number of carboxylic acids is 3. The molecule has 0 aromatic heterocycles. The van der Waals surface area contributed by atoms with Crippen molar-refractivity contribution in [3.8, 4) is 5.75 Å². The molecule has 68 heavy (non-hydrogen) atoms. The van der Waals surface area contributed by atoms with Crippen LogP contribution in [-0.4, -0.2) is 192 Å². The Morgan fingerprint density at radius 2 is 1.40 bits per heavy atom. The molecule has 2 aliphatic rings. The number of rotatable bonds is 29. The molecule has 13 N–H and O–H groups in total. The molecule has 0 fully saturated rings. The predicted molar refractivity (Wildman–Crippen MR) is 244 cm³/mol. The lowest BCUT2D eigenvalue weighted by Gasteiger charge is -2.29. The largest absolute Gasteiger partial charge is 0.494 e. The van der Waals surface area contributed by atoms with E-state index in [1.54, 1.807) is 34.6 Å². The normalized spacial score (nSPS) is 16.8. The van der Waals surface area contributed by atoms with Gasteiger partial charge in [0.25, 0.3) is 0 Å². The van der Waals surface area contributed by atoms with Crippen molar-refractivity contribution in [2.75, 3.05) is 85.1 Å². The lowest BCUT2D eigenvalue weighted by molar-refractivity contribution is -0.142. The zero-order valence-electron chi connectivity index (χ0n) is 38.9. The number of nitrogens with two attached hydrogens (primary N) is 2. The number of benzene rings is 1. The second kappa shape index (κ2) is 30.8. The third-order valence-electron chi connectivity index (χ3n) is 10.6. The monoisotopic (exact) mass is 964 g/mol. The summed E-state index contributed by atoms with van der Waals surface area (Å²) in [5, 5.41) is 48.3. The van der Waals surface area contributed by atoms with Gasteiger partial charge in [-0.2, -0.15) is 0 Å². The molecule has 1 aromatic carbocycles. The third-order valence-corrected chi connectivity index (χ3v) is 10.6. The number of Topliss-reactive ketones (excluding diaryl/α,β-unsaturated/α-hetero) is 1. The summed E-state index contributed by atoms with van der Waals surface area (Å²) in [4.78, 5) is 122. The highest BCUT2D eigenvalue weighted by Crippen LogP contribution is 2.27. The van der Waals surface area contributed by atoms with Gasteiger partial charge in [-0.25, -0.2) is 5.48 Å². The molecule has 380 valence electrons. The zero-order chi connectivity index (χ0) is 50.8. The van der Waals surface area contributed by atoms with Crippen molar-refractivity contribution < 1.29 is 68.4 Å². The number of nitrogens with one attached hydrogen (secondary N) is 5. The molecule has 0 saturated carbocycles. The van der Waals surface area contributed by atoms with E-state index in [4.69, 9.17) is 16.2 Å². The minimum atomic E-state index is -1.27. The summed E-state index contributed by atoms with van der Waals surface area (Å²) in [5.74, 6) is -8.89. The molecule has 0 radical (unpaired) electrons. The SMILES string of the molecule is CC(=O)CN(CCN(CCN(CC(=O)O)CC(=O)O)CC(=O)NCCNC(=O)[C@H](CCCN=C(N)N)NC(=O)[C@@H]1Cc2ccc(cc2)OCCC[C@H](C(=O)NO)[C@@H](CC(C)C)C(=O)N1)CC(=O)O. The fraction of sp³-hybridized carbons (Fsp3) is 0.628. The quantitative estimate of drug-likeness (QED) is 0.0127. The number of aliphatic carboxylic acids is 3. The van der Waals surface area contributed by atoms with Crippen LogP contribution in [0.1, 0.15) is 58.4 Å². The van der Waals surface area contributed by atoms with E-state index in [-0.39, 0.29) is 115 Å². The molecule has 4 atom stereocenters. The zero-order valence-corrected chi connectivity index (χ0v) is 38.9. The van der Waals surface area contributed by atoms with Crippen LogP contribution in [0, 0.1) is 17.8 Å². The van der Waals surface area contributed by atoms with Gasteiger partial charge in [-0.1, -0.05) is 26.0 Å². The van der Waals surface area contributed by atoms with Crippen LogP contribution in [0.5, 0.6) is 5.75 Å². The van der Waals surface area contributed by atoms with Crippen LogP contribution in [-0.2, 0) is 49.6 Å². The second-order valence-electron chi connectivity index (χ2n) is 17.0. The van der Waals surface area contributed by atoms with Gasteiger partial charge in [0, 0.05) is 58.2 Å². The van der Waals surface area contributed by atoms with E-state index in [1.807, 2.05) is 13.8 Å². The average Bonchev–Trinajstić information content (AvgIpc) is 3.25. The number of ketones is 1. The second-order valence-corrected chi connectivity index (χ2v) is 17.0. The molecule has 25 nitrogen and oxygen atoms in total. The molecule has 2 bridgehead atoms. The number of aliphatic imine (C=N–C) groups is 1. The van der Waals surface area contributed by atoms with Crippen molar-refractivity contribution in [1.29, 1.82) is 0 Å². The molecule has 25 heteroatoms. The van der Waals surface area contributed by atoms with Crippen molar-refractivity contribution >= 4 is 59.2 Å². The van der Waals surface area contributed by atoms with Gasteiger partial charge in [0.05, 0.1) is 45.2 Å². The molecule has 3 rings (SSSR count). The van der Waals surface area contributed by atoms with Crippen LogP contribution in [0.2, 0.25) is 0 Å². The van der Waals surface area contributed by atoms with Crippen LogP contribution in [0.25, 0.3) is 0 Å². The number of nitrogens with zero attached hydrogens (tertiary/aromatic N) is 4. The molecule has 5 amide bonds. The van der Waals surface area contributed by atoms with Gasteiger partial charge < -0.3 is 52.8 Å². The van der Waals surface area contributed by atoms with Gasteiger partial charge in [-0.3, -0.25) is 68.1 Å². The number of amides is 5. The van der Waals surface area contributed by atoms with Gasteiger partial charge >= 0.3 is 17.9 Å². The van der Waals surface area contributed by atoms with Gasteiger partial charge in [0.1, 0.15) is 23.6 Å².